The van der Waals surface area contributed by atoms with Crippen LogP contribution in [0.1, 0.15) is 21.5 Å². The SMILES string of the molecule is COCCNC(=O)COc1cc(C(=N)N)ccc1CNC(=O)c1cc(Cl)cc(OC)c1.Cl. The predicted molar refractivity (Wildman–Crippen MR) is 124 cm³/mol. The normalized spacial score (nSPS) is 9.97. The van der Waals surface area contributed by atoms with Gasteiger partial charge in [0.2, 0.25) is 0 Å². The molecule has 174 valence electrons. The van der Waals surface area contributed by atoms with Crippen LogP contribution in [-0.2, 0) is 16.1 Å². The van der Waals surface area contributed by atoms with Crippen LogP contribution >= 0.6 is 24.0 Å². The molecule has 2 aromatic carbocycles. The molecule has 0 unspecified atom stereocenters. The van der Waals surface area contributed by atoms with Crippen molar-refractivity contribution in [2.75, 3.05) is 34.0 Å². The van der Waals surface area contributed by atoms with Gasteiger partial charge in [0.15, 0.2) is 6.61 Å². The number of hydrogen-bond acceptors (Lipinski definition) is 6. The van der Waals surface area contributed by atoms with E-state index in [-0.39, 0.29) is 43.2 Å². The Bertz CT molecular complexity index is 956. The van der Waals surface area contributed by atoms with Crippen molar-refractivity contribution < 1.29 is 23.8 Å². The molecule has 0 aliphatic rings. The Morgan fingerprint density at radius 1 is 1.09 bits per heavy atom. The average molecular weight is 485 g/mol. The van der Waals surface area contributed by atoms with Crippen LogP contribution in [-0.4, -0.2) is 51.6 Å². The molecular weight excluding hydrogens is 459 g/mol. The van der Waals surface area contributed by atoms with Crippen LogP contribution in [0.5, 0.6) is 11.5 Å². The number of nitrogens with two attached hydrogens (primary N) is 1. The number of halogens is 2. The topological polar surface area (TPSA) is 136 Å². The minimum Gasteiger partial charge on any atom is -0.497 e. The van der Waals surface area contributed by atoms with E-state index in [1.165, 1.54) is 20.3 Å². The summed E-state index contributed by atoms with van der Waals surface area (Å²) in [5.41, 5.74) is 6.93. The van der Waals surface area contributed by atoms with E-state index in [1.54, 1.807) is 30.3 Å². The fourth-order valence-electron chi connectivity index (χ4n) is 2.58. The van der Waals surface area contributed by atoms with Gasteiger partial charge in [-0.1, -0.05) is 23.7 Å². The van der Waals surface area contributed by atoms with Crippen LogP contribution < -0.4 is 25.8 Å². The zero-order valence-corrected chi connectivity index (χ0v) is 19.3. The van der Waals surface area contributed by atoms with E-state index in [0.717, 1.165) is 0 Å². The molecule has 32 heavy (non-hydrogen) atoms. The van der Waals surface area contributed by atoms with Gasteiger partial charge in [0.25, 0.3) is 11.8 Å². The van der Waals surface area contributed by atoms with E-state index in [1.807, 2.05) is 0 Å². The highest BCUT2D eigenvalue weighted by atomic mass is 35.5. The highest BCUT2D eigenvalue weighted by Gasteiger charge is 2.13. The first-order valence-electron chi connectivity index (χ1n) is 9.32. The molecule has 2 rings (SSSR count). The third-order valence-electron chi connectivity index (χ3n) is 4.17. The van der Waals surface area contributed by atoms with Gasteiger partial charge in [-0.05, 0) is 24.3 Å². The third-order valence-corrected chi connectivity index (χ3v) is 4.39. The van der Waals surface area contributed by atoms with Crippen molar-refractivity contribution in [3.05, 3.63) is 58.1 Å². The van der Waals surface area contributed by atoms with Gasteiger partial charge in [0.05, 0.1) is 13.7 Å². The maximum absolute atomic E-state index is 12.5. The molecule has 2 amide bonds. The number of nitrogen functional groups attached to an aromatic ring is 1. The predicted octanol–water partition coefficient (Wildman–Crippen LogP) is 2.13. The van der Waals surface area contributed by atoms with Crippen molar-refractivity contribution in [1.82, 2.24) is 10.6 Å². The quantitative estimate of drug-likeness (QED) is 0.219. The first-order chi connectivity index (χ1) is 14.8. The molecule has 0 spiro atoms. The van der Waals surface area contributed by atoms with Crippen LogP contribution in [0, 0.1) is 5.41 Å². The first kappa shape index (κ1) is 27.0. The number of amidine groups is 1. The van der Waals surface area contributed by atoms with Crippen molar-refractivity contribution in [3.8, 4) is 11.5 Å². The van der Waals surface area contributed by atoms with Crippen LogP contribution in [0.2, 0.25) is 5.02 Å². The highest BCUT2D eigenvalue weighted by molar-refractivity contribution is 6.31. The lowest BCUT2D eigenvalue weighted by Crippen LogP contribution is -2.31. The van der Waals surface area contributed by atoms with E-state index in [4.69, 9.17) is 37.0 Å². The summed E-state index contributed by atoms with van der Waals surface area (Å²) in [4.78, 5) is 24.5. The van der Waals surface area contributed by atoms with E-state index < -0.39 is 0 Å². The maximum Gasteiger partial charge on any atom is 0.258 e. The van der Waals surface area contributed by atoms with Crippen molar-refractivity contribution in [1.29, 1.82) is 5.41 Å². The zero-order chi connectivity index (χ0) is 22.8. The number of carbonyl (C=O) groups is 2. The Kier molecular flexibility index (Phi) is 11.3. The Hall–Kier alpha value is -3.01. The molecule has 5 N–H and O–H groups in total. The van der Waals surface area contributed by atoms with E-state index in [0.29, 0.717) is 46.4 Å². The summed E-state index contributed by atoms with van der Waals surface area (Å²) in [6, 6.07) is 9.56. The number of rotatable bonds is 11. The van der Waals surface area contributed by atoms with Gasteiger partial charge in [-0.2, -0.15) is 0 Å². The number of nitrogens with one attached hydrogen (secondary N) is 3. The minimum absolute atomic E-state index is 0. The maximum atomic E-state index is 12.5. The molecular formula is C21H26Cl2N4O5. The number of amides is 2. The Balaban J connectivity index is 0.00000512. The lowest BCUT2D eigenvalue weighted by atomic mass is 10.1. The van der Waals surface area contributed by atoms with E-state index >= 15 is 0 Å². The molecule has 0 fully saturated rings. The van der Waals surface area contributed by atoms with Crippen molar-refractivity contribution in [3.63, 3.8) is 0 Å². The van der Waals surface area contributed by atoms with E-state index in [9.17, 15) is 9.59 Å². The highest BCUT2D eigenvalue weighted by Crippen LogP contribution is 2.23. The van der Waals surface area contributed by atoms with Crippen molar-refractivity contribution >= 4 is 41.7 Å². The average Bonchev–Trinajstić information content (AvgIpc) is 2.75. The number of ether oxygens (including phenoxy) is 3. The Morgan fingerprint density at radius 3 is 2.50 bits per heavy atom. The molecule has 0 heterocycles. The van der Waals surface area contributed by atoms with Gasteiger partial charge in [-0.3, -0.25) is 15.0 Å². The third kappa shape index (κ3) is 8.26. The van der Waals surface area contributed by atoms with Gasteiger partial charge < -0.3 is 30.6 Å². The summed E-state index contributed by atoms with van der Waals surface area (Å²) in [7, 11) is 3.02. The summed E-state index contributed by atoms with van der Waals surface area (Å²) >= 11 is 6.02. The molecule has 0 aliphatic heterocycles. The van der Waals surface area contributed by atoms with Gasteiger partial charge in [0.1, 0.15) is 17.3 Å². The Labute approximate surface area is 197 Å². The standard InChI is InChI=1S/C21H25ClN4O5.ClH/c1-29-6-5-25-19(27)12-31-18-9-13(20(23)24)3-4-14(18)11-26-21(28)15-7-16(22)10-17(8-15)30-2;/h3-4,7-10H,5-6,11-12H2,1-2H3,(H3,23,24)(H,25,27)(H,26,28);1H. The van der Waals surface area contributed by atoms with E-state index in [2.05, 4.69) is 10.6 Å². The molecule has 0 aromatic heterocycles. The second kappa shape index (κ2) is 13.4. The number of hydrogen-bond donors (Lipinski definition) is 4. The summed E-state index contributed by atoms with van der Waals surface area (Å²) < 4.78 is 15.6. The molecule has 9 nitrogen and oxygen atoms in total. The van der Waals surface area contributed by atoms with Gasteiger partial charge >= 0.3 is 0 Å². The fraction of sp³-hybridized carbons (Fsp3) is 0.286. The van der Waals surface area contributed by atoms with Gasteiger partial charge in [-0.15, -0.1) is 12.4 Å². The molecule has 11 heteroatoms. The monoisotopic (exact) mass is 484 g/mol. The van der Waals surface area contributed by atoms with Crippen LogP contribution in [0.15, 0.2) is 36.4 Å². The Morgan fingerprint density at radius 2 is 1.84 bits per heavy atom. The molecule has 0 saturated carbocycles. The fourth-order valence-corrected chi connectivity index (χ4v) is 2.80. The van der Waals surface area contributed by atoms with Crippen LogP contribution in [0.4, 0.5) is 0 Å². The summed E-state index contributed by atoms with van der Waals surface area (Å²) in [5.74, 6) is -0.0347. The summed E-state index contributed by atoms with van der Waals surface area (Å²) in [6.45, 7) is 0.624. The van der Waals surface area contributed by atoms with Crippen molar-refractivity contribution in [2.24, 2.45) is 5.73 Å². The zero-order valence-electron chi connectivity index (χ0n) is 17.7. The molecule has 2 aromatic rings. The molecule has 0 bridgehead atoms. The molecule has 0 saturated heterocycles. The lowest BCUT2D eigenvalue weighted by Gasteiger charge is -2.14. The van der Waals surface area contributed by atoms with Crippen LogP contribution in [0.25, 0.3) is 0 Å². The smallest absolute Gasteiger partial charge is 0.258 e. The number of methoxy groups -OCH3 is 2. The lowest BCUT2D eigenvalue weighted by molar-refractivity contribution is -0.123. The molecule has 0 aliphatic carbocycles. The molecule has 0 atom stereocenters. The van der Waals surface area contributed by atoms with Gasteiger partial charge in [-0.25, -0.2) is 0 Å². The first-order valence-corrected chi connectivity index (χ1v) is 9.70. The second-order valence-corrected chi connectivity index (χ2v) is 6.87. The number of carbonyl (C=O) groups excluding carboxylic acids is 2. The van der Waals surface area contributed by atoms with Gasteiger partial charge in [0, 0.05) is 41.9 Å². The van der Waals surface area contributed by atoms with Crippen molar-refractivity contribution in [2.45, 2.75) is 6.54 Å². The largest absolute Gasteiger partial charge is 0.497 e. The van der Waals surface area contributed by atoms with Crippen LogP contribution in [0.3, 0.4) is 0 Å². The number of benzene rings is 2. The summed E-state index contributed by atoms with van der Waals surface area (Å²) in [6.07, 6.45) is 0. The molecule has 0 radical (unpaired) electrons. The summed E-state index contributed by atoms with van der Waals surface area (Å²) in [5, 5.41) is 13.4. The minimum atomic E-state index is -0.361. The second-order valence-electron chi connectivity index (χ2n) is 6.43.